The Hall–Kier alpha value is -2.53. The second-order valence-corrected chi connectivity index (χ2v) is 24.5. The van der Waals surface area contributed by atoms with Crippen molar-refractivity contribution in [1.29, 1.82) is 0 Å². The third-order valence-electron chi connectivity index (χ3n) is 8.01. The van der Waals surface area contributed by atoms with Gasteiger partial charge in [0.15, 0.2) is 5.78 Å². The van der Waals surface area contributed by atoms with Gasteiger partial charge in [-0.1, -0.05) is 0 Å². The summed E-state index contributed by atoms with van der Waals surface area (Å²) in [5, 5.41) is 10.8. The van der Waals surface area contributed by atoms with Crippen LogP contribution >= 0.6 is 0 Å². The molecule has 223 valence electrons. The number of hydrogen-bond donors (Lipinski definition) is 1. The topological polar surface area (TPSA) is 50.2 Å². The van der Waals surface area contributed by atoms with Gasteiger partial charge in [0.05, 0.1) is 5.76 Å². The first-order valence-electron chi connectivity index (χ1n) is 14.4. The average molecular weight is 800 g/mol. The van der Waals surface area contributed by atoms with Crippen LogP contribution in [0.2, 0.25) is 17.3 Å². The quantitative estimate of drug-likeness (QED) is 0.0974. The minimum absolute atomic E-state index is 0. The predicted octanol–water partition coefficient (Wildman–Crippen LogP) is 9.19. The third kappa shape index (κ3) is 6.51. The summed E-state index contributed by atoms with van der Waals surface area (Å²) in [5.41, 5.74) is 10.5. The molecule has 5 heteroatoms. The van der Waals surface area contributed by atoms with Crippen LogP contribution in [0.3, 0.4) is 0 Å². The Kier molecular flexibility index (Phi) is 9.89. The van der Waals surface area contributed by atoms with Crippen LogP contribution in [-0.4, -0.2) is 29.1 Å². The van der Waals surface area contributed by atoms with Crippen LogP contribution in [-0.2, 0) is 35.7 Å². The van der Waals surface area contributed by atoms with Gasteiger partial charge in [0.25, 0.3) is 0 Å². The number of aliphatic hydroxyl groups excluding tert-OH is 1. The zero-order chi connectivity index (χ0) is 30.5. The summed E-state index contributed by atoms with van der Waals surface area (Å²) in [6.45, 7) is 16.9. The van der Waals surface area contributed by atoms with Crippen molar-refractivity contribution in [3.05, 3.63) is 94.9 Å². The standard InChI is InChI=1S/C32H36GeN.C5H8O2.Ir/c1-20-27(33(7,8)9)15-14-24-25-16-17-34-30(29(25)32(5,6)28(20)24)22-18-21-12-10-11-13-23(21)26(19-22)31(2,3)4;1-4(6)3-5(2)7;/h10-17,19H,1-9H3;3,6H,1-2H3;/q-1;;/b;4-3-;. The number of carbonyl (C=O) groups excluding carboxylic acids is 1. The fourth-order valence-corrected chi connectivity index (χ4v) is 10.3. The van der Waals surface area contributed by atoms with E-state index < -0.39 is 13.3 Å². The fourth-order valence-electron chi connectivity index (χ4n) is 6.47. The summed E-state index contributed by atoms with van der Waals surface area (Å²) in [6, 6.07) is 21.8. The Bertz CT molecular complexity index is 1680. The van der Waals surface area contributed by atoms with Crippen LogP contribution in [0.1, 0.15) is 70.7 Å². The van der Waals surface area contributed by atoms with E-state index in [4.69, 9.17) is 10.1 Å². The van der Waals surface area contributed by atoms with Crippen molar-refractivity contribution in [2.45, 2.75) is 83.5 Å². The molecule has 1 heterocycles. The molecule has 0 fully saturated rings. The van der Waals surface area contributed by atoms with Crippen molar-refractivity contribution < 1.29 is 30.0 Å². The second kappa shape index (κ2) is 12.2. The number of aliphatic hydroxyl groups is 1. The smallest absolute Gasteiger partial charge is 0 e. The summed E-state index contributed by atoms with van der Waals surface area (Å²) >= 11 is -1.99. The van der Waals surface area contributed by atoms with Crippen LogP contribution in [0, 0.1) is 13.0 Å². The third-order valence-corrected chi connectivity index (χ3v) is 12.5. The predicted molar refractivity (Wildman–Crippen MR) is 177 cm³/mol. The summed E-state index contributed by atoms with van der Waals surface area (Å²) in [7, 11) is 0. The molecule has 3 nitrogen and oxygen atoms in total. The fraction of sp³-hybridized carbons (Fsp3) is 0.351. The van der Waals surface area contributed by atoms with E-state index >= 15 is 0 Å². The van der Waals surface area contributed by atoms with Crippen molar-refractivity contribution in [3.8, 4) is 22.4 Å². The van der Waals surface area contributed by atoms with Gasteiger partial charge >= 0.3 is 208 Å². The molecular formula is C37H44GeIrNO2-. The summed E-state index contributed by atoms with van der Waals surface area (Å²) in [6.07, 6.45) is 3.16. The molecule has 0 saturated heterocycles. The van der Waals surface area contributed by atoms with Gasteiger partial charge in [0.2, 0.25) is 0 Å². The Morgan fingerprint density at radius 1 is 0.976 bits per heavy atom. The van der Waals surface area contributed by atoms with Crippen molar-refractivity contribution in [2.75, 3.05) is 0 Å². The molecule has 0 bridgehead atoms. The number of hydrogen-bond acceptors (Lipinski definition) is 3. The van der Waals surface area contributed by atoms with Crippen LogP contribution in [0.4, 0.5) is 0 Å². The number of benzene rings is 3. The van der Waals surface area contributed by atoms with Gasteiger partial charge in [-0.3, -0.25) is 4.79 Å². The first-order chi connectivity index (χ1) is 18.9. The van der Waals surface area contributed by atoms with E-state index in [-0.39, 0.29) is 42.5 Å². The SMILES string of the molecule is CC(=O)/C=C(/C)O.Cc1[c]([Ge]([CH3])([CH3])[CH3])ccc2c1C(C)(C)c1c-2ccnc1-c1[c-]c2ccccc2c(C(C)(C)C)c1.[Ir]. The first-order valence-corrected chi connectivity index (χ1v) is 21.8. The zero-order valence-corrected chi connectivity index (χ0v) is 31.4. The van der Waals surface area contributed by atoms with Crippen LogP contribution in [0.5, 0.6) is 0 Å². The van der Waals surface area contributed by atoms with E-state index in [2.05, 4.69) is 113 Å². The Labute approximate surface area is 268 Å². The molecule has 0 spiro atoms. The first kappa shape index (κ1) is 34.0. The Morgan fingerprint density at radius 3 is 2.14 bits per heavy atom. The molecule has 0 unspecified atom stereocenters. The van der Waals surface area contributed by atoms with Crippen LogP contribution in [0.15, 0.2) is 66.6 Å². The molecule has 0 aliphatic heterocycles. The minimum atomic E-state index is -1.99. The summed E-state index contributed by atoms with van der Waals surface area (Å²) < 4.78 is 1.61. The molecule has 3 aromatic carbocycles. The van der Waals surface area contributed by atoms with E-state index in [1.807, 2.05) is 6.20 Å². The molecule has 1 aromatic heterocycles. The number of rotatable bonds is 3. The molecule has 1 N–H and O–H groups in total. The molecule has 0 saturated carbocycles. The normalized spacial score (nSPS) is 13.9. The minimum Gasteiger partial charge on any atom is 0 e. The molecule has 42 heavy (non-hydrogen) atoms. The van der Waals surface area contributed by atoms with Crippen molar-refractivity contribution in [2.24, 2.45) is 0 Å². The number of carbonyl (C=O) groups is 1. The summed E-state index contributed by atoms with van der Waals surface area (Å²) in [4.78, 5) is 15.0. The number of fused-ring (bicyclic) bond motifs is 4. The molecular weight excluding hydrogens is 755 g/mol. The molecule has 4 aromatic rings. The molecule has 5 rings (SSSR count). The molecule has 1 aliphatic rings. The van der Waals surface area contributed by atoms with Crippen LogP contribution < -0.4 is 4.40 Å². The number of ketones is 1. The van der Waals surface area contributed by atoms with Gasteiger partial charge in [-0.15, -0.1) is 0 Å². The maximum absolute atomic E-state index is 10.0. The van der Waals surface area contributed by atoms with Gasteiger partial charge in [-0.2, -0.15) is 0 Å². The van der Waals surface area contributed by atoms with Gasteiger partial charge in [0.1, 0.15) is 0 Å². The van der Waals surface area contributed by atoms with E-state index in [1.165, 1.54) is 58.7 Å². The van der Waals surface area contributed by atoms with Crippen molar-refractivity contribution in [3.63, 3.8) is 0 Å². The molecule has 0 atom stereocenters. The van der Waals surface area contributed by atoms with E-state index in [0.717, 1.165) is 16.6 Å². The van der Waals surface area contributed by atoms with E-state index in [0.29, 0.717) is 0 Å². The Balaban J connectivity index is 0.000000541. The maximum Gasteiger partial charge on any atom is 0 e. The van der Waals surface area contributed by atoms with Crippen molar-refractivity contribution >= 4 is 34.2 Å². The second-order valence-electron chi connectivity index (χ2n) is 13.9. The number of pyridine rings is 1. The molecule has 1 aliphatic carbocycles. The maximum atomic E-state index is 10.0. The van der Waals surface area contributed by atoms with Crippen LogP contribution in [0.25, 0.3) is 33.2 Å². The monoisotopic (exact) mass is 801 g/mol. The number of allylic oxidation sites excluding steroid dienone is 2. The van der Waals surface area contributed by atoms with Gasteiger partial charge in [-0.05, 0) is 13.8 Å². The zero-order valence-electron chi connectivity index (χ0n) is 26.9. The van der Waals surface area contributed by atoms with Gasteiger partial charge in [0, 0.05) is 26.2 Å². The van der Waals surface area contributed by atoms with E-state index in [1.54, 1.807) is 4.40 Å². The number of nitrogens with zero attached hydrogens (tertiary/aromatic N) is 1. The van der Waals surface area contributed by atoms with E-state index in [9.17, 15) is 4.79 Å². The largest absolute Gasteiger partial charge is 0 e. The molecule has 0 amide bonds. The number of aromatic nitrogens is 1. The Morgan fingerprint density at radius 2 is 1.60 bits per heavy atom. The molecule has 1 radical (unpaired) electrons. The van der Waals surface area contributed by atoms with Gasteiger partial charge < -0.3 is 5.11 Å². The average Bonchev–Trinajstić information content (AvgIpc) is 3.09. The summed E-state index contributed by atoms with van der Waals surface area (Å²) in [5.74, 6) is 7.42. The van der Waals surface area contributed by atoms with Crippen molar-refractivity contribution in [1.82, 2.24) is 4.98 Å². The van der Waals surface area contributed by atoms with Gasteiger partial charge in [-0.25, -0.2) is 0 Å².